The smallest absolute Gasteiger partial charge is 0.315 e. The number of nitrogens with one attached hydrogen (secondary N) is 2. The standard InChI is InChI=1S/C17H25N3O/c21-17(19-16-8-9-16)18-11-15-7-4-10-20(13-15)12-14-5-2-1-3-6-14/h1-3,5-6,15-16H,4,7-13H2,(H2,18,19,21). The van der Waals surface area contributed by atoms with E-state index in [-0.39, 0.29) is 6.03 Å². The van der Waals surface area contributed by atoms with Gasteiger partial charge < -0.3 is 10.6 Å². The molecular formula is C17H25N3O. The number of nitrogens with zero attached hydrogens (tertiary/aromatic N) is 1. The predicted molar refractivity (Wildman–Crippen MR) is 84.0 cm³/mol. The molecule has 1 aromatic rings. The van der Waals surface area contributed by atoms with Gasteiger partial charge in [0.2, 0.25) is 0 Å². The van der Waals surface area contributed by atoms with Gasteiger partial charge in [0.1, 0.15) is 0 Å². The van der Waals surface area contributed by atoms with E-state index in [1.807, 2.05) is 0 Å². The molecule has 2 N–H and O–H groups in total. The summed E-state index contributed by atoms with van der Waals surface area (Å²) in [7, 11) is 0. The fourth-order valence-electron chi connectivity index (χ4n) is 3.00. The van der Waals surface area contributed by atoms with Crippen LogP contribution in [0.1, 0.15) is 31.2 Å². The Morgan fingerprint density at radius 1 is 1.19 bits per heavy atom. The largest absolute Gasteiger partial charge is 0.338 e. The van der Waals surface area contributed by atoms with Crippen molar-refractivity contribution in [2.45, 2.75) is 38.3 Å². The maximum atomic E-state index is 11.7. The van der Waals surface area contributed by atoms with Gasteiger partial charge in [-0.1, -0.05) is 30.3 Å². The van der Waals surface area contributed by atoms with E-state index in [1.54, 1.807) is 0 Å². The number of hydrogen-bond acceptors (Lipinski definition) is 2. The Labute approximate surface area is 126 Å². The quantitative estimate of drug-likeness (QED) is 0.873. The van der Waals surface area contributed by atoms with E-state index in [1.165, 1.54) is 24.9 Å². The molecule has 1 aliphatic heterocycles. The van der Waals surface area contributed by atoms with Gasteiger partial charge >= 0.3 is 6.03 Å². The Kier molecular flexibility index (Phi) is 4.76. The van der Waals surface area contributed by atoms with Gasteiger partial charge in [-0.2, -0.15) is 0 Å². The van der Waals surface area contributed by atoms with Crippen LogP contribution in [0.3, 0.4) is 0 Å². The highest BCUT2D eigenvalue weighted by Gasteiger charge is 2.24. The molecule has 1 saturated carbocycles. The minimum absolute atomic E-state index is 0.0117. The van der Waals surface area contributed by atoms with Crippen LogP contribution in [0.25, 0.3) is 0 Å². The highest BCUT2D eigenvalue weighted by atomic mass is 16.2. The van der Waals surface area contributed by atoms with Crippen molar-refractivity contribution in [1.82, 2.24) is 15.5 Å². The molecule has 114 valence electrons. The zero-order chi connectivity index (χ0) is 14.5. The predicted octanol–water partition coefficient (Wildman–Crippen LogP) is 2.36. The number of benzene rings is 1. The van der Waals surface area contributed by atoms with Crippen LogP contribution in [0.2, 0.25) is 0 Å². The van der Waals surface area contributed by atoms with E-state index in [4.69, 9.17) is 0 Å². The molecule has 2 fully saturated rings. The van der Waals surface area contributed by atoms with Crippen molar-refractivity contribution >= 4 is 6.03 Å². The molecular weight excluding hydrogens is 262 g/mol. The van der Waals surface area contributed by atoms with Crippen molar-refractivity contribution in [3.63, 3.8) is 0 Å². The summed E-state index contributed by atoms with van der Waals surface area (Å²) in [5.41, 5.74) is 1.37. The number of likely N-dealkylation sites (tertiary alicyclic amines) is 1. The van der Waals surface area contributed by atoms with Crippen molar-refractivity contribution in [2.75, 3.05) is 19.6 Å². The van der Waals surface area contributed by atoms with Crippen molar-refractivity contribution in [3.8, 4) is 0 Å². The number of piperidine rings is 1. The molecule has 4 nitrogen and oxygen atoms in total. The Morgan fingerprint density at radius 2 is 2.00 bits per heavy atom. The third-order valence-corrected chi connectivity index (χ3v) is 4.32. The molecule has 0 bridgehead atoms. The molecule has 1 unspecified atom stereocenters. The Morgan fingerprint density at radius 3 is 2.76 bits per heavy atom. The first-order valence-corrected chi connectivity index (χ1v) is 8.10. The molecule has 2 amide bonds. The molecule has 0 spiro atoms. The highest BCUT2D eigenvalue weighted by Crippen LogP contribution is 2.19. The lowest BCUT2D eigenvalue weighted by atomic mass is 9.97. The van der Waals surface area contributed by atoms with E-state index in [0.717, 1.165) is 32.5 Å². The van der Waals surface area contributed by atoms with Gasteiger partial charge in [0, 0.05) is 25.7 Å². The normalized spacial score (nSPS) is 22.8. The minimum atomic E-state index is 0.0117. The maximum absolute atomic E-state index is 11.7. The van der Waals surface area contributed by atoms with Crippen LogP contribution in [0.5, 0.6) is 0 Å². The zero-order valence-electron chi connectivity index (χ0n) is 12.6. The first kappa shape index (κ1) is 14.4. The third kappa shape index (κ3) is 4.74. The minimum Gasteiger partial charge on any atom is -0.338 e. The average Bonchev–Trinajstić information content (AvgIpc) is 3.31. The zero-order valence-corrected chi connectivity index (χ0v) is 12.6. The molecule has 1 aromatic carbocycles. The summed E-state index contributed by atoms with van der Waals surface area (Å²) in [5, 5.41) is 6.01. The molecule has 0 radical (unpaired) electrons. The van der Waals surface area contributed by atoms with Crippen LogP contribution in [-0.2, 0) is 6.54 Å². The molecule has 21 heavy (non-hydrogen) atoms. The van der Waals surface area contributed by atoms with Crippen LogP contribution in [0.15, 0.2) is 30.3 Å². The van der Waals surface area contributed by atoms with E-state index in [9.17, 15) is 4.79 Å². The van der Waals surface area contributed by atoms with Gasteiger partial charge in [-0.3, -0.25) is 4.90 Å². The number of carbonyl (C=O) groups excluding carboxylic acids is 1. The van der Waals surface area contributed by atoms with Gasteiger partial charge in [0.25, 0.3) is 0 Å². The number of carbonyl (C=O) groups is 1. The summed E-state index contributed by atoms with van der Waals surface area (Å²) in [5.74, 6) is 0.576. The molecule has 0 aromatic heterocycles. The van der Waals surface area contributed by atoms with Gasteiger partial charge in [-0.15, -0.1) is 0 Å². The number of hydrogen-bond donors (Lipinski definition) is 2. The van der Waals surface area contributed by atoms with E-state index >= 15 is 0 Å². The topological polar surface area (TPSA) is 44.4 Å². The average molecular weight is 287 g/mol. The number of rotatable bonds is 5. The molecule has 1 aliphatic carbocycles. The van der Waals surface area contributed by atoms with Crippen LogP contribution in [0, 0.1) is 5.92 Å². The van der Waals surface area contributed by atoms with Gasteiger partial charge in [0.15, 0.2) is 0 Å². The molecule has 1 atom stereocenters. The second kappa shape index (κ2) is 6.94. The first-order chi connectivity index (χ1) is 10.3. The summed E-state index contributed by atoms with van der Waals surface area (Å²) in [6.45, 7) is 4.06. The molecule has 4 heteroatoms. The molecule has 1 heterocycles. The fraction of sp³-hybridized carbons (Fsp3) is 0.588. The summed E-state index contributed by atoms with van der Waals surface area (Å²) in [4.78, 5) is 14.2. The van der Waals surface area contributed by atoms with Crippen molar-refractivity contribution in [3.05, 3.63) is 35.9 Å². The van der Waals surface area contributed by atoms with E-state index in [2.05, 4.69) is 45.9 Å². The van der Waals surface area contributed by atoms with Gasteiger partial charge in [-0.25, -0.2) is 4.79 Å². The number of amides is 2. The monoisotopic (exact) mass is 287 g/mol. The lowest BCUT2D eigenvalue weighted by Crippen LogP contribution is -2.43. The Hall–Kier alpha value is -1.55. The van der Waals surface area contributed by atoms with Gasteiger partial charge in [-0.05, 0) is 43.7 Å². The fourth-order valence-corrected chi connectivity index (χ4v) is 3.00. The van der Waals surface area contributed by atoms with Crippen molar-refractivity contribution in [1.29, 1.82) is 0 Å². The second-order valence-electron chi connectivity index (χ2n) is 6.36. The molecule has 3 rings (SSSR count). The third-order valence-electron chi connectivity index (χ3n) is 4.32. The van der Waals surface area contributed by atoms with Crippen LogP contribution < -0.4 is 10.6 Å². The van der Waals surface area contributed by atoms with Crippen LogP contribution >= 0.6 is 0 Å². The molecule has 2 aliphatic rings. The maximum Gasteiger partial charge on any atom is 0.315 e. The number of urea groups is 1. The summed E-state index contributed by atoms with van der Waals surface area (Å²) in [6.07, 6.45) is 4.72. The Balaban J connectivity index is 1.41. The summed E-state index contributed by atoms with van der Waals surface area (Å²) < 4.78 is 0. The summed E-state index contributed by atoms with van der Waals surface area (Å²) in [6, 6.07) is 11.1. The lowest BCUT2D eigenvalue weighted by molar-refractivity contribution is 0.165. The van der Waals surface area contributed by atoms with Gasteiger partial charge in [0.05, 0.1) is 0 Å². The second-order valence-corrected chi connectivity index (χ2v) is 6.36. The van der Waals surface area contributed by atoms with E-state index < -0.39 is 0 Å². The lowest BCUT2D eigenvalue weighted by Gasteiger charge is -2.32. The SMILES string of the molecule is O=C(NCC1CCCN(Cc2ccccc2)C1)NC1CC1. The highest BCUT2D eigenvalue weighted by molar-refractivity contribution is 5.74. The van der Waals surface area contributed by atoms with Crippen LogP contribution in [-0.4, -0.2) is 36.6 Å². The Bertz CT molecular complexity index is 458. The first-order valence-electron chi connectivity index (χ1n) is 8.10. The molecule has 1 saturated heterocycles. The van der Waals surface area contributed by atoms with E-state index in [0.29, 0.717) is 12.0 Å². The summed E-state index contributed by atoms with van der Waals surface area (Å²) >= 11 is 0. The van der Waals surface area contributed by atoms with Crippen LogP contribution in [0.4, 0.5) is 4.79 Å². The van der Waals surface area contributed by atoms with Crippen molar-refractivity contribution in [2.24, 2.45) is 5.92 Å². The van der Waals surface area contributed by atoms with Crippen molar-refractivity contribution < 1.29 is 4.79 Å².